The molecular formula is C15H12N2O4S. The SMILES string of the molecule is COCOc1ccc(-c2nc3ccccc3s2)cc1[N+](=O)[O-]. The number of thiazole rings is 1. The van der Waals surface area contributed by atoms with E-state index in [4.69, 9.17) is 9.47 Å². The maximum Gasteiger partial charge on any atom is 0.311 e. The molecule has 3 aromatic rings. The molecule has 0 spiro atoms. The molecule has 0 N–H and O–H groups in total. The molecule has 1 heterocycles. The van der Waals surface area contributed by atoms with Gasteiger partial charge in [0.2, 0.25) is 0 Å². The molecule has 1 aromatic heterocycles. The summed E-state index contributed by atoms with van der Waals surface area (Å²) < 4.78 is 11.0. The van der Waals surface area contributed by atoms with Crippen molar-refractivity contribution < 1.29 is 14.4 Å². The lowest BCUT2D eigenvalue weighted by atomic mass is 10.2. The lowest BCUT2D eigenvalue weighted by Crippen LogP contribution is -2.02. The molecule has 0 radical (unpaired) electrons. The van der Waals surface area contributed by atoms with Crippen molar-refractivity contribution in [3.8, 4) is 16.3 Å². The predicted octanol–water partition coefficient (Wildman–Crippen LogP) is 3.85. The third kappa shape index (κ3) is 2.76. The van der Waals surface area contributed by atoms with Gasteiger partial charge in [0.15, 0.2) is 12.5 Å². The quantitative estimate of drug-likeness (QED) is 0.406. The highest BCUT2D eigenvalue weighted by molar-refractivity contribution is 7.21. The summed E-state index contributed by atoms with van der Waals surface area (Å²) in [5.41, 5.74) is 1.47. The largest absolute Gasteiger partial charge is 0.460 e. The summed E-state index contributed by atoms with van der Waals surface area (Å²) in [4.78, 5) is 15.2. The van der Waals surface area contributed by atoms with Gasteiger partial charge in [0.25, 0.3) is 0 Å². The molecule has 7 heteroatoms. The number of rotatable bonds is 5. The first-order valence-electron chi connectivity index (χ1n) is 6.45. The Morgan fingerprint density at radius 2 is 2.09 bits per heavy atom. The normalized spacial score (nSPS) is 10.8. The molecule has 6 nitrogen and oxygen atoms in total. The van der Waals surface area contributed by atoms with Crippen molar-refractivity contribution in [3.05, 3.63) is 52.6 Å². The van der Waals surface area contributed by atoms with Gasteiger partial charge >= 0.3 is 5.69 Å². The van der Waals surface area contributed by atoms with Crippen LogP contribution >= 0.6 is 11.3 Å². The number of nitro benzene ring substituents is 1. The van der Waals surface area contributed by atoms with Crippen LogP contribution in [0.1, 0.15) is 0 Å². The number of methoxy groups -OCH3 is 1. The van der Waals surface area contributed by atoms with Crippen molar-refractivity contribution in [1.29, 1.82) is 0 Å². The van der Waals surface area contributed by atoms with Gasteiger partial charge in [-0.15, -0.1) is 11.3 Å². The molecular weight excluding hydrogens is 304 g/mol. The molecule has 0 unspecified atom stereocenters. The van der Waals surface area contributed by atoms with Crippen LogP contribution in [0.25, 0.3) is 20.8 Å². The lowest BCUT2D eigenvalue weighted by Gasteiger charge is -2.06. The zero-order valence-electron chi connectivity index (χ0n) is 11.7. The Hall–Kier alpha value is -2.51. The van der Waals surface area contributed by atoms with Crippen molar-refractivity contribution in [2.45, 2.75) is 0 Å². The molecule has 0 aliphatic carbocycles. The Morgan fingerprint density at radius 1 is 1.27 bits per heavy atom. The van der Waals surface area contributed by atoms with E-state index in [0.717, 1.165) is 15.2 Å². The van der Waals surface area contributed by atoms with Gasteiger partial charge in [-0.2, -0.15) is 0 Å². The monoisotopic (exact) mass is 316 g/mol. The van der Waals surface area contributed by atoms with Gasteiger partial charge in [-0.1, -0.05) is 12.1 Å². The number of aromatic nitrogens is 1. The smallest absolute Gasteiger partial charge is 0.311 e. The Kier molecular flexibility index (Phi) is 3.99. The van der Waals surface area contributed by atoms with Crippen molar-refractivity contribution in [1.82, 2.24) is 4.98 Å². The van der Waals surface area contributed by atoms with Crippen molar-refractivity contribution >= 4 is 27.2 Å². The Bertz CT molecular complexity index is 798. The minimum absolute atomic E-state index is 0.0404. The topological polar surface area (TPSA) is 74.5 Å². The standard InChI is InChI=1S/C15H12N2O4S/c1-20-9-21-13-7-6-10(8-12(13)17(18)19)15-16-11-4-2-3-5-14(11)22-15/h2-8H,9H2,1H3. The predicted molar refractivity (Wildman–Crippen MR) is 84.2 cm³/mol. The molecule has 0 bridgehead atoms. The molecule has 0 atom stereocenters. The average molecular weight is 316 g/mol. The summed E-state index contributed by atoms with van der Waals surface area (Å²) in [7, 11) is 1.46. The van der Waals surface area contributed by atoms with E-state index in [9.17, 15) is 10.1 Å². The number of para-hydroxylation sites is 1. The molecule has 2 aromatic carbocycles. The molecule has 112 valence electrons. The van der Waals surface area contributed by atoms with Crippen LogP contribution in [0.3, 0.4) is 0 Å². The maximum absolute atomic E-state index is 11.2. The van der Waals surface area contributed by atoms with Crippen LogP contribution in [0.4, 0.5) is 5.69 Å². The Balaban J connectivity index is 2.03. The van der Waals surface area contributed by atoms with Crippen molar-refractivity contribution in [2.24, 2.45) is 0 Å². The molecule has 0 aliphatic heterocycles. The van der Waals surface area contributed by atoms with Crippen molar-refractivity contribution in [2.75, 3.05) is 13.9 Å². The second-order valence-corrected chi connectivity index (χ2v) is 5.51. The Morgan fingerprint density at radius 3 is 2.82 bits per heavy atom. The van der Waals surface area contributed by atoms with Crippen LogP contribution in [0, 0.1) is 10.1 Å². The number of nitrogens with zero attached hydrogens (tertiary/aromatic N) is 2. The number of ether oxygens (including phenoxy) is 2. The summed E-state index contributed by atoms with van der Waals surface area (Å²) in [6.07, 6.45) is 0. The molecule has 3 rings (SSSR count). The van der Waals surface area contributed by atoms with Gasteiger partial charge in [0, 0.05) is 18.7 Å². The highest BCUT2D eigenvalue weighted by Gasteiger charge is 2.18. The zero-order chi connectivity index (χ0) is 15.5. The van der Waals surface area contributed by atoms with Gasteiger partial charge < -0.3 is 9.47 Å². The second kappa shape index (κ2) is 6.08. The number of nitro groups is 1. The molecule has 0 saturated heterocycles. The maximum atomic E-state index is 11.2. The summed E-state index contributed by atoms with van der Waals surface area (Å²) in [6, 6.07) is 12.5. The van der Waals surface area contributed by atoms with Gasteiger partial charge in [-0.25, -0.2) is 4.98 Å². The fraction of sp³-hybridized carbons (Fsp3) is 0.133. The minimum atomic E-state index is -0.470. The van der Waals surface area contributed by atoms with E-state index in [2.05, 4.69) is 4.98 Å². The van der Waals surface area contributed by atoms with E-state index in [1.54, 1.807) is 12.1 Å². The van der Waals surface area contributed by atoms with Crippen molar-refractivity contribution in [3.63, 3.8) is 0 Å². The van der Waals surface area contributed by atoms with E-state index >= 15 is 0 Å². The van der Waals surface area contributed by atoms with Gasteiger partial charge in [0.1, 0.15) is 5.01 Å². The minimum Gasteiger partial charge on any atom is -0.460 e. The first-order valence-corrected chi connectivity index (χ1v) is 7.27. The molecule has 0 saturated carbocycles. The number of hydrogen-bond donors (Lipinski definition) is 0. The van der Waals surface area contributed by atoms with Crippen LogP contribution < -0.4 is 4.74 Å². The first-order chi connectivity index (χ1) is 10.7. The third-order valence-electron chi connectivity index (χ3n) is 3.03. The van der Waals surface area contributed by atoms with Crippen LogP contribution in [-0.2, 0) is 4.74 Å². The lowest BCUT2D eigenvalue weighted by molar-refractivity contribution is -0.386. The number of hydrogen-bond acceptors (Lipinski definition) is 6. The zero-order valence-corrected chi connectivity index (χ0v) is 12.5. The van der Waals surface area contributed by atoms with Crippen LogP contribution in [0.15, 0.2) is 42.5 Å². The summed E-state index contributed by atoms with van der Waals surface area (Å²) in [5, 5.41) is 11.9. The van der Waals surface area contributed by atoms with Gasteiger partial charge in [-0.3, -0.25) is 10.1 Å². The Labute approximate surface area is 130 Å². The van der Waals surface area contributed by atoms with Crippen LogP contribution in [-0.4, -0.2) is 23.8 Å². The summed E-state index contributed by atoms with van der Waals surface area (Å²) in [5.74, 6) is 0.178. The molecule has 0 fully saturated rings. The van der Waals surface area contributed by atoms with E-state index < -0.39 is 4.92 Å². The van der Waals surface area contributed by atoms with E-state index in [0.29, 0.717) is 5.56 Å². The number of fused-ring (bicyclic) bond motifs is 1. The number of benzene rings is 2. The van der Waals surface area contributed by atoms with Gasteiger partial charge in [0.05, 0.1) is 15.1 Å². The van der Waals surface area contributed by atoms with E-state index in [-0.39, 0.29) is 18.2 Å². The van der Waals surface area contributed by atoms with Crippen LogP contribution in [0.2, 0.25) is 0 Å². The van der Waals surface area contributed by atoms with Crippen LogP contribution in [0.5, 0.6) is 5.75 Å². The fourth-order valence-corrected chi connectivity index (χ4v) is 3.00. The average Bonchev–Trinajstić information content (AvgIpc) is 2.96. The van der Waals surface area contributed by atoms with E-state index in [1.807, 2.05) is 24.3 Å². The molecule has 0 amide bonds. The first kappa shape index (κ1) is 14.4. The summed E-state index contributed by atoms with van der Waals surface area (Å²) in [6.45, 7) is -0.0404. The van der Waals surface area contributed by atoms with Gasteiger partial charge in [-0.05, 0) is 24.3 Å². The fourth-order valence-electron chi connectivity index (χ4n) is 2.03. The van der Waals surface area contributed by atoms with E-state index in [1.165, 1.54) is 24.5 Å². The molecule has 0 aliphatic rings. The highest BCUT2D eigenvalue weighted by atomic mass is 32.1. The summed E-state index contributed by atoms with van der Waals surface area (Å²) >= 11 is 1.50. The highest BCUT2D eigenvalue weighted by Crippen LogP contribution is 2.35. The second-order valence-electron chi connectivity index (χ2n) is 4.48. The molecule has 22 heavy (non-hydrogen) atoms. The third-order valence-corrected chi connectivity index (χ3v) is 4.11.